The zero-order chi connectivity index (χ0) is 22.7. The van der Waals surface area contributed by atoms with E-state index in [-0.39, 0.29) is 12.0 Å². The third-order valence-electron chi connectivity index (χ3n) is 5.28. The summed E-state index contributed by atoms with van der Waals surface area (Å²) in [5.74, 6) is 1.47. The molecule has 2 aromatic carbocycles. The van der Waals surface area contributed by atoms with Crippen LogP contribution in [0.3, 0.4) is 0 Å². The molecule has 0 bridgehead atoms. The van der Waals surface area contributed by atoms with Gasteiger partial charge in [0.1, 0.15) is 17.7 Å². The highest BCUT2D eigenvalue weighted by Crippen LogP contribution is 2.36. The topological polar surface area (TPSA) is 81.5 Å². The van der Waals surface area contributed by atoms with Gasteiger partial charge in [0.25, 0.3) is 0 Å². The normalized spacial score (nSPS) is 16.1. The molecule has 1 atom stereocenters. The summed E-state index contributed by atoms with van der Waals surface area (Å²) in [5, 5.41) is 7.72. The zero-order valence-corrected chi connectivity index (χ0v) is 18.9. The van der Waals surface area contributed by atoms with Gasteiger partial charge in [-0.25, -0.2) is 9.48 Å². The first kappa shape index (κ1) is 21.7. The molecule has 1 amide bonds. The number of nitrogens with one attached hydrogen (secondary N) is 1. The molecule has 0 saturated carbocycles. The molecule has 168 valence electrons. The lowest BCUT2D eigenvalue weighted by atomic mass is 9.97. The molecule has 32 heavy (non-hydrogen) atoms. The first-order valence-electron chi connectivity index (χ1n) is 10.7. The third-order valence-corrected chi connectivity index (χ3v) is 5.28. The number of benzene rings is 2. The quantitative estimate of drug-likeness (QED) is 0.623. The van der Waals surface area contributed by atoms with E-state index in [0.717, 1.165) is 29.1 Å². The number of methoxy groups -OCH3 is 1. The SMILES string of the molecule is COc1cc(Nc2ncn(-c3ccccc3)n2)ccc1C1CCN(C(=O)OC(C)(C)C)C1. The number of hydrogen-bond acceptors (Lipinski definition) is 6. The van der Waals surface area contributed by atoms with Crippen molar-refractivity contribution in [2.75, 3.05) is 25.5 Å². The van der Waals surface area contributed by atoms with Crippen LogP contribution in [0.1, 0.15) is 38.7 Å². The Morgan fingerprint density at radius 1 is 1.16 bits per heavy atom. The minimum atomic E-state index is -0.498. The highest BCUT2D eigenvalue weighted by atomic mass is 16.6. The van der Waals surface area contributed by atoms with Crippen LogP contribution in [0.15, 0.2) is 54.9 Å². The summed E-state index contributed by atoms with van der Waals surface area (Å²) in [7, 11) is 1.66. The summed E-state index contributed by atoms with van der Waals surface area (Å²) >= 11 is 0. The lowest BCUT2D eigenvalue weighted by molar-refractivity contribution is 0.0292. The first-order valence-corrected chi connectivity index (χ1v) is 10.7. The number of carbonyl (C=O) groups excluding carboxylic acids is 1. The number of likely N-dealkylation sites (tertiary alicyclic amines) is 1. The molecule has 0 spiro atoms. The van der Waals surface area contributed by atoms with E-state index in [4.69, 9.17) is 9.47 Å². The maximum absolute atomic E-state index is 12.4. The molecule has 1 saturated heterocycles. The Balaban J connectivity index is 1.45. The number of para-hydroxylation sites is 1. The Bertz CT molecular complexity index is 1070. The van der Waals surface area contributed by atoms with Crippen LogP contribution in [0.25, 0.3) is 5.69 Å². The Morgan fingerprint density at radius 2 is 1.94 bits per heavy atom. The summed E-state index contributed by atoms with van der Waals surface area (Å²) in [4.78, 5) is 18.5. The Labute approximate surface area is 188 Å². The number of hydrogen-bond donors (Lipinski definition) is 1. The maximum atomic E-state index is 12.4. The minimum Gasteiger partial charge on any atom is -0.496 e. The molecule has 1 aliphatic rings. The number of amides is 1. The fraction of sp³-hybridized carbons (Fsp3) is 0.375. The first-order chi connectivity index (χ1) is 15.3. The monoisotopic (exact) mass is 435 g/mol. The van der Waals surface area contributed by atoms with E-state index >= 15 is 0 Å². The Hall–Kier alpha value is -3.55. The number of carbonyl (C=O) groups is 1. The van der Waals surface area contributed by atoms with Gasteiger partial charge < -0.3 is 19.7 Å². The highest BCUT2D eigenvalue weighted by molar-refractivity contribution is 5.69. The van der Waals surface area contributed by atoms with Crippen molar-refractivity contribution in [2.24, 2.45) is 0 Å². The summed E-state index contributed by atoms with van der Waals surface area (Å²) in [6.07, 6.45) is 2.27. The molecule has 1 aliphatic heterocycles. The lowest BCUT2D eigenvalue weighted by Gasteiger charge is -2.24. The van der Waals surface area contributed by atoms with Gasteiger partial charge in [0.05, 0.1) is 12.8 Å². The van der Waals surface area contributed by atoms with E-state index in [1.54, 1.807) is 23.0 Å². The second kappa shape index (κ2) is 8.90. The molecule has 4 rings (SSSR count). The molecule has 2 heterocycles. The molecular formula is C24H29N5O3. The highest BCUT2D eigenvalue weighted by Gasteiger charge is 2.31. The van der Waals surface area contributed by atoms with Crippen molar-refractivity contribution in [3.8, 4) is 11.4 Å². The van der Waals surface area contributed by atoms with Crippen LogP contribution < -0.4 is 10.1 Å². The van der Waals surface area contributed by atoms with Gasteiger partial charge in [-0.05, 0) is 51.0 Å². The standard InChI is InChI=1S/C24H29N5O3/c1-24(2,3)32-23(30)28-13-12-17(15-28)20-11-10-18(14-21(20)31-4)26-22-25-16-29(27-22)19-8-6-5-7-9-19/h5-11,14,16-17H,12-13,15H2,1-4H3,(H,26,27). The van der Waals surface area contributed by atoms with Gasteiger partial charge in [-0.15, -0.1) is 5.10 Å². The smallest absolute Gasteiger partial charge is 0.410 e. The van der Waals surface area contributed by atoms with Crippen molar-refractivity contribution < 1.29 is 14.3 Å². The van der Waals surface area contributed by atoms with Crippen LogP contribution in [0.5, 0.6) is 5.75 Å². The van der Waals surface area contributed by atoms with Gasteiger partial charge in [0.15, 0.2) is 0 Å². The third kappa shape index (κ3) is 5.01. The van der Waals surface area contributed by atoms with Crippen molar-refractivity contribution >= 4 is 17.7 Å². The lowest BCUT2D eigenvalue weighted by Crippen LogP contribution is -2.35. The van der Waals surface area contributed by atoms with E-state index in [0.29, 0.717) is 19.0 Å². The molecule has 8 heteroatoms. The van der Waals surface area contributed by atoms with Gasteiger partial charge in [0, 0.05) is 30.8 Å². The molecule has 0 radical (unpaired) electrons. The average molecular weight is 436 g/mol. The van der Waals surface area contributed by atoms with Crippen LogP contribution in [0.4, 0.5) is 16.4 Å². The van der Waals surface area contributed by atoms with Crippen molar-refractivity contribution in [2.45, 2.75) is 38.7 Å². The van der Waals surface area contributed by atoms with Gasteiger partial charge in [-0.3, -0.25) is 0 Å². The zero-order valence-electron chi connectivity index (χ0n) is 18.9. The van der Waals surface area contributed by atoms with Gasteiger partial charge in [0.2, 0.25) is 5.95 Å². The second-order valence-electron chi connectivity index (χ2n) is 8.84. The molecule has 1 unspecified atom stereocenters. The van der Waals surface area contributed by atoms with E-state index < -0.39 is 5.60 Å². The van der Waals surface area contributed by atoms with Crippen LogP contribution in [0.2, 0.25) is 0 Å². The number of ether oxygens (including phenoxy) is 2. The molecule has 3 aromatic rings. The number of aromatic nitrogens is 3. The largest absolute Gasteiger partial charge is 0.496 e. The summed E-state index contributed by atoms with van der Waals surface area (Å²) < 4.78 is 12.9. The maximum Gasteiger partial charge on any atom is 0.410 e. The summed E-state index contributed by atoms with van der Waals surface area (Å²) in [6, 6.07) is 15.8. The van der Waals surface area contributed by atoms with Crippen LogP contribution in [-0.4, -0.2) is 51.6 Å². The van der Waals surface area contributed by atoms with Crippen molar-refractivity contribution in [3.05, 3.63) is 60.4 Å². The van der Waals surface area contributed by atoms with Gasteiger partial charge in [-0.2, -0.15) is 4.98 Å². The van der Waals surface area contributed by atoms with E-state index in [2.05, 4.69) is 15.4 Å². The fourth-order valence-electron chi connectivity index (χ4n) is 3.79. The Morgan fingerprint density at radius 3 is 2.66 bits per heavy atom. The fourth-order valence-corrected chi connectivity index (χ4v) is 3.79. The van der Waals surface area contributed by atoms with E-state index in [1.165, 1.54) is 0 Å². The van der Waals surface area contributed by atoms with E-state index in [9.17, 15) is 4.79 Å². The molecule has 0 aliphatic carbocycles. The van der Waals surface area contributed by atoms with Crippen molar-refractivity contribution in [1.82, 2.24) is 19.7 Å². The van der Waals surface area contributed by atoms with Crippen molar-refractivity contribution in [3.63, 3.8) is 0 Å². The molecule has 1 aromatic heterocycles. The second-order valence-corrected chi connectivity index (χ2v) is 8.84. The number of rotatable bonds is 5. The summed E-state index contributed by atoms with van der Waals surface area (Å²) in [6.45, 7) is 6.92. The van der Waals surface area contributed by atoms with Crippen LogP contribution in [-0.2, 0) is 4.74 Å². The molecule has 1 fully saturated rings. The number of anilines is 2. The molecular weight excluding hydrogens is 406 g/mol. The van der Waals surface area contributed by atoms with Crippen LogP contribution in [0, 0.1) is 0 Å². The minimum absolute atomic E-state index is 0.196. The van der Waals surface area contributed by atoms with Gasteiger partial charge in [-0.1, -0.05) is 24.3 Å². The van der Waals surface area contributed by atoms with Crippen molar-refractivity contribution in [1.29, 1.82) is 0 Å². The average Bonchev–Trinajstić information content (AvgIpc) is 3.43. The predicted molar refractivity (Wildman–Crippen MR) is 123 cm³/mol. The predicted octanol–water partition coefficient (Wildman–Crippen LogP) is 4.74. The molecule has 8 nitrogen and oxygen atoms in total. The molecule has 1 N–H and O–H groups in total. The van der Waals surface area contributed by atoms with E-state index in [1.807, 2.05) is 69.3 Å². The van der Waals surface area contributed by atoms with Gasteiger partial charge >= 0.3 is 6.09 Å². The van der Waals surface area contributed by atoms with Crippen LogP contribution >= 0.6 is 0 Å². The number of nitrogens with zero attached hydrogens (tertiary/aromatic N) is 4. The Kier molecular flexibility index (Phi) is 6.03. The summed E-state index contributed by atoms with van der Waals surface area (Å²) in [5.41, 5.74) is 2.35.